The predicted octanol–water partition coefficient (Wildman–Crippen LogP) is 14.7. The Balaban J connectivity index is 3.47. The van der Waals surface area contributed by atoms with E-state index in [1.165, 1.54) is 167 Å². The van der Waals surface area contributed by atoms with Crippen molar-refractivity contribution in [3.05, 3.63) is 24.3 Å². The minimum absolute atomic E-state index is 0.0264. The van der Waals surface area contributed by atoms with Crippen LogP contribution in [0, 0.1) is 0 Å². The Hall–Kier alpha value is -1.66. The van der Waals surface area contributed by atoms with Crippen molar-refractivity contribution in [2.24, 2.45) is 0 Å². The second-order valence-corrected chi connectivity index (χ2v) is 17.1. The highest BCUT2D eigenvalue weighted by Gasteiger charge is 2.20. The highest BCUT2D eigenvalue weighted by molar-refractivity contribution is 5.76. The molecule has 0 saturated carbocycles. The van der Waals surface area contributed by atoms with Crippen molar-refractivity contribution in [2.75, 3.05) is 13.2 Å². The van der Waals surface area contributed by atoms with Crippen LogP contribution in [0.5, 0.6) is 0 Å². The zero-order chi connectivity index (χ0) is 41.5. The third kappa shape index (κ3) is 43.7. The molecule has 0 bridgehead atoms. The number of allylic oxidation sites excluding steroid dienone is 4. The first-order valence-corrected chi connectivity index (χ1v) is 25.1. The van der Waals surface area contributed by atoms with Gasteiger partial charge in [-0.1, -0.05) is 218 Å². The second kappa shape index (κ2) is 47.0. The molecule has 57 heavy (non-hydrogen) atoms. The lowest BCUT2D eigenvalue weighted by Gasteiger charge is -2.22. The normalized spacial score (nSPS) is 12.8. The molecule has 2 atom stereocenters. The van der Waals surface area contributed by atoms with E-state index in [0.717, 1.165) is 64.2 Å². The number of aliphatic hydroxyl groups is 2. The summed E-state index contributed by atoms with van der Waals surface area (Å²) in [5, 5.41) is 23.1. The Morgan fingerprint density at radius 3 is 1.35 bits per heavy atom. The van der Waals surface area contributed by atoms with E-state index in [1.807, 2.05) is 0 Å². The first-order chi connectivity index (χ1) is 28.0. The molecule has 0 aliphatic carbocycles. The summed E-state index contributed by atoms with van der Waals surface area (Å²) in [6.45, 7) is 4.87. The molecule has 0 rings (SSSR count). The topological polar surface area (TPSA) is 95.9 Å². The van der Waals surface area contributed by atoms with Gasteiger partial charge in [0.25, 0.3) is 0 Å². The predicted molar refractivity (Wildman–Crippen MR) is 246 cm³/mol. The molecule has 0 fully saturated rings. The van der Waals surface area contributed by atoms with Gasteiger partial charge in [-0.15, -0.1) is 0 Å². The maximum Gasteiger partial charge on any atom is 0.305 e. The van der Waals surface area contributed by atoms with E-state index in [0.29, 0.717) is 25.9 Å². The van der Waals surface area contributed by atoms with Crippen molar-refractivity contribution in [1.29, 1.82) is 0 Å². The Labute approximate surface area is 354 Å². The molecule has 6 heteroatoms. The summed E-state index contributed by atoms with van der Waals surface area (Å²) >= 11 is 0. The minimum atomic E-state index is -0.678. The number of ether oxygens (including phenoxy) is 1. The van der Waals surface area contributed by atoms with Gasteiger partial charge in [0, 0.05) is 12.8 Å². The van der Waals surface area contributed by atoms with Gasteiger partial charge in [-0.2, -0.15) is 0 Å². The van der Waals surface area contributed by atoms with E-state index >= 15 is 0 Å². The summed E-state index contributed by atoms with van der Waals surface area (Å²) in [4.78, 5) is 24.5. The van der Waals surface area contributed by atoms with Crippen LogP contribution in [0.2, 0.25) is 0 Å². The average Bonchev–Trinajstić information content (AvgIpc) is 3.21. The number of aliphatic hydroxyl groups excluding tert-OH is 2. The van der Waals surface area contributed by atoms with E-state index < -0.39 is 12.1 Å². The molecule has 0 aliphatic heterocycles. The molecule has 0 aliphatic rings. The van der Waals surface area contributed by atoms with Crippen molar-refractivity contribution in [3.63, 3.8) is 0 Å². The van der Waals surface area contributed by atoms with Crippen LogP contribution < -0.4 is 5.32 Å². The van der Waals surface area contributed by atoms with Crippen LogP contribution in [0.4, 0.5) is 0 Å². The third-order valence-electron chi connectivity index (χ3n) is 11.5. The van der Waals surface area contributed by atoms with Crippen LogP contribution in [0.25, 0.3) is 0 Å². The van der Waals surface area contributed by atoms with E-state index in [1.54, 1.807) is 0 Å². The van der Waals surface area contributed by atoms with Crippen molar-refractivity contribution in [3.8, 4) is 0 Å². The number of hydrogen-bond acceptors (Lipinski definition) is 5. The Morgan fingerprint density at radius 2 is 0.877 bits per heavy atom. The molecule has 0 heterocycles. The fourth-order valence-electron chi connectivity index (χ4n) is 7.61. The second-order valence-electron chi connectivity index (χ2n) is 17.1. The van der Waals surface area contributed by atoms with Crippen LogP contribution in [0.1, 0.15) is 264 Å². The average molecular weight is 804 g/mol. The summed E-state index contributed by atoms with van der Waals surface area (Å²) in [6, 6.07) is -0.557. The smallest absolute Gasteiger partial charge is 0.305 e. The molecule has 2 unspecified atom stereocenters. The number of esters is 1. The van der Waals surface area contributed by atoms with Crippen molar-refractivity contribution in [1.82, 2.24) is 5.32 Å². The summed E-state index contributed by atoms with van der Waals surface area (Å²) < 4.78 is 5.46. The lowest BCUT2D eigenvalue weighted by Crippen LogP contribution is -2.45. The van der Waals surface area contributed by atoms with Crippen LogP contribution in [-0.4, -0.2) is 47.4 Å². The first-order valence-electron chi connectivity index (χ1n) is 25.1. The third-order valence-corrected chi connectivity index (χ3v) is 11.5. The summed E-state index contributed by atoms with van der Waals surface area (Å²) in [7, 11) is 0. The molecule has 0 aromatic heterocycles. The van der Waals surface area contributed by atoms with Gasteiger partial charge in [0.1, 0.15) is 0 Å². The van der Waals surface area contributed by atoms with Crippen molar-refractivity contribution >= 4 is 11.9 Å². The number of amides is 1. The fourth-order valence-corrected chi connectivity index (χ4v) is 7.61. The molecule has 0 aromatic carbocycles. The number of carbonyl (C=O) groups is 2. The highest BCUT2D eigenvalue weighted by Crippen LogP contribution is 2.16. The summed E-state index contributed by atoms with van der Waals surface area (Å²) in [6.07, 6.45) is 54.2. The highest BCUT2D eigenvalue weighted by atomic mass is 16.5. The van der Waals surface area contributed by atoms with E-state index in [2.05, 4.69) is 43.5 Å². The lowest BCUT2D eigenvalue weighted by molar-refractivity contribution is -0.143. The van der Waals surface area contributed by atoms with E-state index in [4.69, 9.17) is 4.74 Å². The molecule has 0 radical (unpaired) electrons. The van der Waals surface area contributed by atoms with Gasteiger partial charge in [-0.25, -0.2) is 0 Å². The summed E-state index contributed by atoms with van der Waals surface area (Å²) in [5.41, 5.74) is 0. The molecule has 0 spiro atoms. The molecule has 0 saturated heterocycles. The van der Waals surface area contributed by atoms with Crippen molar-refractivity contribution < 1.29 is 24.5 Å². The van der Waals surface area contributed by atoms with Gasteiger partial charge in [0.05, 0.1) is 25.4 Å². The maximum atomic E-state index is 12.4. The van der Waals surface area contributed by atoms with Crippen LogP contribution in [0.15, 0.2) is 24.3 Å². The van der Waals surface area contributed by atoms with Crippen molar-refractivity contribution in [2.45, 2.75) is 276 Å². The molecular formula is C51H97NO5. The number of rotatable bonds is 46. The molecular weight excluding hydrogens is 707 g/mol. The minimum Gasteiger partial charge on any atom is -0.466 e. The lowest BCUT2D eigenvalue weighted by atomic mass is 10.0. The number of nitrogens with one attached hydrogen (secondary N) is 1. The molecule has 0 aromatic rings. The van der Waals surface area contributed by atoms with Crippen LogP contribution >= 0.6 is 0 Å². The molecule has 3 N–H and O–H groups in total. The standard InChI is InChI=1S/C51H97NO5/c1-3-5-7-9-11-13-15-17-18-19-20-21-22-24-29-33-37-41-45-51(56)57-46-42-38-34-30-26-25-28-32-36-40-44-50(55)52-48(47-53)49(54)43-39-35-31-27-23-16-14-12-10-8-6-4-2/h13,15,18-19,48-49,53-54H,3-12,14,16-17,20-47H2,1-2H3,(H,52,55)/b15-13-,19-18-. The number of hydrogen-bond donors (Lipinski definition) is 3. The Morgan fingerprint density at radius 1 is 0.491 bits per heavy atom. The van der Waals surface area contributed by atoms with Gasteiger partial charge < -0.3 is 20.3 Å². The number of carbonyl (C=O) groups excluding carboxylic acids is 2. The monoisotopic (exact) mass is 804 g/mol. The molecule has 1 amide bonds. The largest absolute Gasteiger partial charge is 0.466 e. The molecule has 6 nitrogen and oxygen atoms in total. The fraction of sp³-hybridized carbons (Fsp3) is 0.882. The van der Waals surface area contributed by atoms with Gasteiger partial charge in [0.2, 0.25) is 5.91 Å². The zero-order valence-corrected chi connectivity index (χ0v) is 38.1. The summed E-state index contributed by atoms with van der Waals surface area (Å²) in [5.74, 6) is -0.0857. The zero-order valence-electron chi connectivity index (χ0n) is 38.1. The van der Waals surface area contributed by atoms with Gasteiger partial charge in [-0.3, -0.25) is 9.59 Å². The SMILES string of the molecule is CCCCCC/C=C\C/C=C\CCCCCCCCCC(=O)OCCCCCCCCCCCCC(=O)NC(CO)C(O)CCCCCCCCCCCCCC. The maximum absolute atomic E-state index is 12.4. The molecule has 336 valence electrons. The van der Waals surface area contributed by atoms with Crippen LogP contribution in [0.3, 0.4) is 0 Å². The first kappa shape index (κ1) is 55.3. The quantitative estimate of drug-likeness (QED) is 0.0324. The van der Waals surface area contributed by atoms with Gasteiger partial charge in [0.15, 0.2) is 0 Å². The Bertz CT molecular complexity index is 889. The van der Waals surface area contributed by atoms with Crippen LogP contribution in [-0.2, 0) is 14.3 Å². The van der Waals surface area contributed by atoms with Gasteiger partial charge >= 0.3 is 5.97 Å². The Kier molecular flexibility index (Phi) is 45.7. The number of unbranched alkanes of at least 4 members (excludes halogenated alkanes) is 31. The van der Waals surface area contributed by atoms with Gasteiger partial charge in [-0.05, 0) is 57.8 Å². The van der Waals surface area contributed by atoms with E-state index in [9.17, 15) is 19.8 Å². The van der Waals surface area contributed by atoms with E-state index in [-0.39, 0.29) is 18.5 Å².